The molecule has 9 heteroatoms. The lowest BCUT2D eigenvalue weighted by atomic mass is 10.1. The normalized spacial score (nSPS) is 23.2. The first-order valence-corrected chi connectivity index (χ1v) is 8.90. The van der Waals surface area contributed by atoms with Crippen molar-refractivity contribution in [2.24, 2.45) is 5.92 Å². The van der Waals surface area contributed by atoms with E-state index >= 15 is 0 Å². The first kappa shape index (κ1) is 17.2. The number of piperidine rings is 1. The highest BCUT2D eigenvalue weighted by atomic mass is 35.5. The predicted molar refractivity (Wildman–Crippen MR) is 98.5 cm³/mol. The summed E-state index contributed by atoms with van der Waals surface area (Å²) in [6.45, 7) is 0. The maximum atomic E-state index is 12.3. The van der Waals surface area contributed by atoms with E-state index in [1.54, 1.807) is 12.1 Å². The van der Waals surface area contributed by atoms with E-state index in [4.69, 9.17) is 23.2 Å². The standard InChI is InChI=1S/C17H15Cl2N5O2/c18-10-5-9(22-16(25)13-4-8-3-12(8)23-13)6-11(19)15(10)24-17(26)14-7-20-1-2-21-14/h1-2,5-8,12-13,23H,3-4H2,(H,22,25)(H,24,26)/t8-,12-,13+/m1/s1. The number of nitrogens with one attached hydrogen (secondary N) is 3. The van der Waals surface area contributed by atoms with Crippen LogP contribution in [-0.4, -0.2) is 33.9 Å². The van der Waals surface area contributed by atoms with Crippen LogP contribution in [0.1, 0.15) is 23.3 Å². The highest BCUT2D eigenvalue weighted by Crippen LogP contribution is 2.41. The van der Waals surface area contributed by atoms with Gasteiger partial charge in [-0.25, -0.2) is 4.98 Å². The molecule has 0 bridgehead atoms. The maximum absolute atomic E-state index is 12.3. The summed E-state index contributed by atoms with van der Waals surface area (Å²) in [4.78, 5) is 32.3. The molecule has 1 saturated carbocycles. The number of carbonyl (C=O) groups excluding carboxylic acids is 2. The van der Waals surface area contributed by atoms with Crippen LogP contribution >= 0.6 is 23.2 Å². The molecule has 134 valence electrons. The maximum Gasteiger partial charge on any atom is 0.275 e. The fraction of sp³-hybridized carbons (Fsp3) is 0.294. The molecule has 1 aliphatic carbocycles. The molecule has 2 amide bonds. The van der Waals surface area contributed by atoms with Gasteiger partial charge in [0.05, 0.1) is 28.0 Å². The molecule has 1 aromatic carbocycles. The number of rotatable bonds is 4. The number of aromatic nitrogens is 2. The van der Waals surface area contributed by atoms with Crippen molar-refractivity contribution in [3.05, 3.63) is 46.5 Å². The number of hydrogen-bond acceptors (Lipinski definition) is 5. The number of hydrogen-bond donors (Lipinski definition) is 3. The van der Waals surface area contributed by atoms with E-state index in [0.29, 0.717) is 17.6 Å². The zero-order valence-corrected chi connectivity index (χ0v) is 15.0. The number of fused-ring (bicyclic) bond motifs is 1. The Morgan fingerprint density at radius 1 is 1.12 bits per heavy atom. The summed E-state index contributed by atoms with van der Waals surface area (Å²) in [5.74, 6) is 0.0327. The van der Waals surface area contributed by atoms with Gasteiger partial charge in [-0.3, -0.25) is 14.6 Å². The third-order valence-electron chi connectivity index (χ3n) is 4.54. The second kappa shape index (κ2) is 6.83. The smallest absolute Gasteiger partial charge is 0.275 e. The first-order chi connectivity index (χ1) is 12.5. The van der Waals surface area contributed by atoms with E-state index in [0.717, 1.165) is 12.8 Å². The van der Waals surface area contributed by atoms with Crippen molar-refractivity contribution < 1.29 is 9.59 Å². The molecule has 26 heavy (non-hydrogen) atoms. The SMILES string of the molecule is O=C(Nc1c(Cl)cc(NC(=O)[C@@H]2C[C@H]3C[C@H]3N2)cc1Cl)c1cnccn1. The zero-order valence-electron chi connectivity index (χ0n) is 13.5. The van der Waals surface area contributed by atoms with Crippen molar-refractivity contribution in [1.82, 2.24) is 15.3 Å². The van der Waals surface area contributed by atoms with Gasteiger partial charge in [-0.2, -0.15) is 0 Å². The van der Waals surface area contributed by atoms with Gasteiger partial charge in [0.25, 0.3) is 5.91 Å². The molecule has 3 atom stereocenters. The number of halogens is 2. The molecule has 2 fully saturated rings. The molecular formula is C17H15Cl2N5O2. The van der Waals surface area contributed by atoms with Crippen LogP contribution in [0.2, 0.25) is 10.0 Å². The molecule has 3 N–H and O–H groups in total. The Bertz CT molecular complexity index is 844. The lowest BCUT2D eigenvalue weighted by molar-refractivity contribution is -0.118. The van der Waals surface area contributed by atoms with Crippen LogP contribution in [0.4, 0.5) is 11.4 Å². The monoisotopic (exact) mass is 391 g/mol. The summed E-state index contributed by atoms with van der Waals surface area (Å²) in [7, 11) is 0. The van der Waals surface area contributed by atoms with Gasteiger partial charge >= 0.3 is 0 Å². The molecule has 2 aliphatic rings. The van der Waals surface area contributed by atoms with Gasteiger partial charge in [0.2, 0.25) is 5.91 Å². The minimum Gasteiger partial charge on any atom is -0.325 e. The van der Waals surface area contributed by atoms with Gasteiger partial charge < -0.3 is 16.0 Å². The van der Waals surface area contributed by atoms with Crippen LogP contribution < -0.4 is 16.0 Å². The highest BCUT2D eigenvalue weighted by Gasteiger charge is 2.47. The van der Waals surface area contributed by atoms with Crippen molar-refractivity contribution in [1.29, 1.82) is 0 Å². The highest BCUT2D eigenvalue weighted by molar-refractivity contribution is 6.40. The van der Waals surface area contributed by atoms with Crippen LogP contribution in [0, 0.1) is 5.92 Å². The van der Waals surface area contributed by atoms with Gasteiger partial charge in [-0.1, -0.05) is 23.2 Å². The van der Waals surface area contributed by atoms with E-state index in [9.17, 15) is 9.59 Å². The average Bonchev–Trinajstić information content (AvgIpc) is 3.24. The van der Waals surface area contributed by atoms with Crippen molar-refractivity contribution in [3.63, 3.8) is 0 Å². The van der Waals surface area contributed by atoms with Crippen molar-refractivity contribution in [3.8, 4) is 0 Å². The summed E-state index contributed by atoms with van der Waals surface area (Å²) in [6, 6.07) is 3.39. The minimum atomic E-state index is -0.479. The molecule has 4 rings (SSSR count). The Labute approximate surface area is 159 Å². The van der Waals surface area contributed by atoms with Gasteiger partial charge in [0, 0.05) is 24.1 Å². The lowest BCUT2D eigenvalue weighted by Crippen LogP contribution is -2.38. The van der Waals surface area contributed by atoms with Gasteiger partial charge in [0.1, 0.15) is 5.69 Å². The van der Waals surface area contributed by atoms with Gasteiger partial charge in [-0.15, -0.1) is 0 Å². The van der Waals surface area contributed by atoms with E-state index in [1.807, 2.05) is 0 Å². The third-order valence-corrected chi connectivity index (χ3v) is 5.13. The minimum absolute atomic E-state index is 0.110. The van der Waals surface area contributed by atoms with Crippen LogP contribution in [0.5, 0.6) is 0 Å². The quantitative estimate of drug-likeness (QED) is 0.744. The van der Waals surface area contributed by atoms with Crippen LogP contribution in [-0.2, 0) is 4.79 Å². The number of amides is 2. The second-order valence-corrected chi connectivity index (χ2v) is 7.22. The summed E-state index contributed by atoms with van der Waals surface area (Å²) in [5, 5.41) is 9.14. The summed E-state index contributed by atoms with van der Waals surface area (Å²) >= 11 is 12.5. The zero-order chi connectivity index (χ0) is 18.3. The molecule has 1 saturated heterocycles. The van der Waals surface area contributed by atoms with Crippen LogP contribution in [0.25, 0.3) is 0 Å². The Morgan fingerprint density at radius 2 is 1.88 bits per heavy atom. The largest absolute Gasteiger partial charge is 0.325 e. The van der Waals surface area contributed by atoms with E-state index in [2.05, 4.69) is 25.9 Å². The lowest BCUT2D eigenvalue weighted by Gasteiger charge is -2.15. The molecular weight excluding hydrogens is 377 g/mol. The van der Waals surface area contributed by atoms with E-state index in [-0.39, 0.29) is 33.4 Å². The number of carbonyl (C=O) groups is 2. The first-order valence-electron chi connectivity index (χ1n) is 8.14. The molecule has 2 heterocycles. The summed E-state index contributed by atoms with van der Waals surface area (Å²) in [6.07, 6.45) is 6.23. The topological polar surface area (TPSA) is 96.0 Å². The summed E-state index contributed by atoms with van der Waals surface area (Å²) in [5.41, 5.74) is 0.870. The van der Waals surface area contributed by atoms with E-state index < -0.39 is 5.91 Å². The number of anilines is 2. The predicted octanol–water partition coefficient (Wildman–Crippen LogP) is 2.72. The third kappa shape index (κ3) is 3.51. The van der Waals surface area contributed by atoms with Crippen LogP contribution in [0.15, 0.2) is 30.7 Å². The number of nitrogens with zero attached hydrogens (tertiary/aromatic N) is 2. The van der Waals surface area contributed by atoms with Crippen LogP contribution in [0.3, 0.4) is 0 Å². The second-order valence-electron chi connectivity index (χ2n) is 6.41. The fourth-order valence-corrected chi connectivity index (χ4v) is 3.69. The molecule has 2 aromatic rings. The van der Waals surface area contributed by atoms with E-state index in [1.165, 1.54) is 18.6 Å². The molecule has 1 aliphatic heterocycles. The molecule has 0 spiro atoms. The molecule has 0 radical (unpaired) electrons. The van der Waals surface area contributed by atoms with Gasteiger partial charge in [-0.05, 0) is 30.9 Å². The Morgan fingerprint density at radius 3 is 2.50 bits per heavy atom. The molecule has 7 nitrogen and oxygen atoms in total. The summed E-state index contributed by atoms with van der Waals surface area (Å²) < 4.78 is 0. The Hall–Kier alpha value is -2.22. The molecule has 0 unspecified atom stereocenters. The average molecular weight is 392 g/mol. The fourth-order valence-electron chi connectivity index (χ4n) is 3.11. The van der Waals surface area contributed by atoms with Crippen molar-refractivity contribution in [2.45, 2.75) is 24.9 Å². The van der Waals surface area contributed by atoms with Crippen molar-refractivity contribution in [2.75, 3.05) is 10.6 Å². The van der Waals surface area contributed by atoms with Gasteiger partial charge in [0.15, 0.2) is 0 Å². The Kier molecular flexibility index (Phi) is 4.52. The molecule has 1 aromatic heterocycles. The van der Waals surface area contributed by atoms with Crippen molar-refractivity contribution >= 4 is 46.4 Å². The number of benzene rings is 1. The Balaban J connectivity index is 1.46.